The molecule has 0 aromatic rings. The Morgan fingerprint density at radius 3 is 2.88 bits per heavy atom. The smallest absolute Gasteiger partial charge is 0.335 e. The number of hydrogen-bond donors (Lipinski definition) is 0. The Bertz CT molecular complexity index is 334. The lowest BCUT2D eigenvalue weighted by Gasteiger charge is -2.22. The number of carbonyl (C=O) groups is 1. The van der Waals surface area contributed by atoms with Crippen LogP contribution in [0.5, 0.6) is 0 Å². The Balaban J connectivity index is 2.78. The van der Waals surface area contributed by atoms with Crippen molar-refractivity contribution in [3.63, 3.8) is 0 Å². The summed E-state index contributed by atoms with van der Waals surface area (Å²) in [7, 11) is 0. The summed E-state index contributed by atoms with van der Waals surface area (Å²) < 4.78 is 11.1. The third-order valence-electron chi connectivity index (χ3n) is 2.72. The van der Waals surface area contributed by atoms with E-state index in [2.05, 4.69) is 22.9 Å². The van der Waals surface area contributed by atoms with Gasteiger partial charge in [0.2, 0.25) is 0 Å². The number of halogens is 1. The SMILES string of the molecule is C/C=C(/C)[C@H](OCCC)C1C=C(CBr)C(=O)O1. The lowest BCUT2D eigenvalue weighted by molar-refractivity contribution is -0.144. The van der Waals surface area contributed by atoms with E-state index < -0.39 is 0 Å². The second-order valence-corrected chi connectivity index (χ2v) is 4.58. The number of hydrogen-bond acceptors (Lipinski definition) is 3. The Kier molecular flexibility index (Phi) is 5.92. The van der Waals surface area contributed by atoms with Crippen LogP contribution in [0.4, 0.5) is 0 Å². The highest BCUT2D eigenvalue weighted by Crippen LogP contribution is 2.23. The molecule has 4 heteroatoms. The predicted octanol–water partition coefficient (Wildman–Crippen LogP) is 2.99. The summed E-state index contributed by atoms with van der Waals surface area (Å²) in [5.74, 6) is -0.249. The summed E-state index contributed by atoms with van der Waals surface area (Å²) in [5, 5.41) is 0.526. The van der Waals surface area contributed by atoms with Gasteiger partial charge < -0.3 is 9.47 Å². The van der Waals surface area contributed by atoms with E-state index in [1.165, 1.54) is 0 Å². The van der Waals surface area contributed by atoms with Crippen molar-refractivity contribution in [2.24, 2.45) is 0 Å². The minimum absolute atomic E-state index is 0.166. The number of alkyl halides is 1. The molecule has 1 aliphatic rings. The Morgan fingerprint density at radius 1 is 1.71 bits per heavy atom. The minimum atomic E-state index is -0.294. The van der Waals surface area contributed by atoms with Gasteiger partial charge in [-0.1, -0.05) is 28.9 Å². The zero-order chi connectivity index (χ0) is 12.8. The molecule has 1 unspecified atom stereocenters. The van der Waals surface area contributed by atoms with E-state index in [1.54, 1.807) is 0 Å². The summed E-state index contributed by atoms with van der Waals surface area (Å²) in [5.41, 5.74) is 1.76. The van der Waals surface area contributed by atoms with E-state index in [-0.39, 0.29) is 18.2 Å². The molecule has 0 aromatic heterocycles. The largest absolute Gasteiger partial charge is 0.452 e. The molecule has 0 bridgehead atoms. The van der Waals surface area contributed by atoms with Crippen molar-refractivity contribution in [2.75, 3.05) is 11.9 Å². The molecule has 96 valence electrons. The van der Waals surface area contributed by atoms with Crippen molar-refractivity contribution in [1.29, 1.82) is 0 Å². The average Bonchev–Trinajstić information content (AvgIpc) is 2.70. The molecule has 0 aliphatic carbocycles. The fourth-order valence-electron chi connectivity index (χ4n) is 1.64. The van der Waals surface area contributed by atoms with Crippen LogP contribution in [0.3, 0.4) is 0 Å². The van der Waals surface area contributed by atoms with Crippen molar-refractivity contribution in [3.05, 3.63) is 23.3 Å². The predicted molar refractivity (Wildman–Crippen MR) is 71.2 cm³/mol. The molecule has 0 saturated carbocycles. The standard InChI is InChI=1S/C13H19BrO3/c1-4-6-16-12(9(3)5-2)11-7-10(8-14)13(15)17-11/h5,7,11-12H,4,6,8H2,1-3H3/b9-5-/t11?,12-/m0/s1. The summed E-state index contributed by atoms with van der Waals surface area (Å²) in [6.45, 7) is 6.68. The summed E-state index contributed by atoms with van der Waals surface area (Å²) in [6, 6.07) is 0. The van der Waals surface area contributed by atoms with Crippen LogP contribution in [0, 0.1) is 0 Å². The fraction of sp³-hybridized carbons (Fsp3) is 0.615. The van der Waals surface area contributed by atoms with E-state index in [0.717, 1.165) is 12.0 Å². The molecule has 0 radical (unpaired) electrons. The molecule has 1 rings (SSSR count). The first-order valence-corrected chi connectivity index (χ1v) is 6.98. The van der Waals surface area contributed by atoms with Gasteiger partial charge in [0.1, 0.15) is 6.10 Å². The van der Waals surface area contributed by atoms with Gasteiger partial charge in [-0.15, -0.1) is 0 Å². The molecule has 2 atom stereocenters. The van der Waals surface area contributed by atoms with Crippen LogP contribution in [-0.4, -0.2) is 30.1 Å². The Labute approximate surface area is 111 Å². The maximum Gasteiger partial charge on any atom is 0.335 e. The normalized spacial score (nSPS) is 22.4. The van der Waals surface area contributed by atoms with Gasteiger partial charge in [0.05, 0.1) is 0 Å². The van der Waals surface area contributed by atoms with Gasteiger partial charge in [0, 0.05) is 17.5 Å². The summed E-state index contributed by atoms with van der Waals surface area (Å²) in [4.78, 5) is 11.5. The molecule has 17 heavy (non-hydrogen) atoms. The van der Waals surface area contributed by atoms with Crippen molar-refractivity contribution in [3.8, 4) is 0 Å². The third kappa shape index (κ3) is 3.68. The number of carbonyl (C=O) groups excluding carboxylic acids is 1. The zero-order valence-electron chi connectivity index (χ0n) is 10.5. The van der Waals surface area contributed by atoms with Crippen molar-refractivity contribution < 1.29 is 14.3 Å². The molecule has 0 saturated heterocycles. The van der Waals surface area contributed by atoms with Crippen LogP contribution in [0.15, 0.2) is 23.3 Å². The fourth-order valence-corrected chi connectivity index (χ4v) is 2.06. The maximum atomic E-state index is 11.5. The molecule has 1 heterocycles. The second-order valence-electron chi connectivity index (χ2n) is 4.02. The topological polar surface area (TPSA) is 35.5 Å². The van der Waals surface area contributed by atoms with Crippen LogP contribution >= 0.6 is 15.9 Å². The van der Waals surface area contributed by atoms with Gasteiger partial charge >= 0.3 is 5.97 Å². The minimum Gasteiger partial charge on any atom is -0.452 e. The lowest BCUT2D eigenvalue weighted by Crippen LogP contribution is -2.30. The van der Waals surface area contributed by atoms with E-state index in [1.807, 2.05) is 26.0 Å². The quantitative estimate of drug-likeness (QED) is 0.430. The van der Waals surface area contributed by atoms with Crippen molar-refractivity contribution in [1.82, 2.24) is 0 Å². The number of rotatable bonds is 6. The number of ether oxygens (including phenoxy) is 2. The van der Waals surface area contributed by atoms with E-state index >= 15 is 0 Å². The number of allylic oxidation sites excluding steroid dienone is 1. The van der Waals surface area contributed by atoms with E-state index in [0.29, 0.717) is 17.5 Å². The van der Waals surface area contributed by atoms with Gasteiger partial charge in [-0.05, 0) is 31.9 Å². The molecular weight excluding hydrogens is 284 g/mol. The van der Waals surface area contributed by atoms with E-state index in [4.69, 9.17) is 9.47 Å². The van der Waals surface area contributed by atoms with Crippen molar-refractivity contribution in [2.45, 2.75) is 39.4 Å². The van der Waals surface area contributed by atoms with Crippen LogP contribution in [0.2, 0.25) is 0 Å². The van der Waals surface area contributed by atoms with Crippen molar-refractivity contribution >= 4 is 21.9 Å². The monoisotopic (exact) mass is 302 g/mol. The number of cyclic esters (lactones) is 1. The molecule has 0 N–H and O–H groups in total. The molecule has 1 aliphatic heterocycles. The van der Waals surface area contributed by atoms with E-state index in [9.17, 15) is 4.79 Å². The highest BCUT2D eigenvalue weighted by molar-refractivity contribution is 9.09. The first kappa shape index (κ1) is 14.5. The van der Waals surface area contributed by atoms with Gasteiger partial charge in [0.15, 0.2) is 6.10 Å². The van der Waals surface area contributed by atoms with Gasteiger partial charge in [-0.25, -0.2) is 4.79 Å². The Morgan fingerprint density at radius 2 is 2.41 bits per heavy atom. The molecular formula is C13H19BrO3. The van der Waals surface area contributed by atoms with Gasteiger partial charge in [-0.3, -0.25) is 0 Å². The second kappa shape index (κ2) is 6.97. The molecule has 0 aromatic carbocycles. The highest BCUT2D eigenvalue weighted by atomic mass is 79.9. The molecule has 0 amide bonds. The highest BCUT2D eigenvalue weighted by Gasteiger charge is 2.32. The van der Waals surface area contributed by atoms with Crippen LogP contribution in [0.25, 0.3) is 0 Å². The van der Waals surface area contributed by atoms with Gasteiger partial charge in [-0.2, -0.15) is 0 Å². The third-order valence-corrected chi connectivity index (χ3v) is 3.32. The zero-order valence-corrected chi connectivity index (χ0v) is 12.1. The molecule has 3 nitrogen and oxygen atoms in total. The van der Waals surface area contributed by atoms with Gasteiger partial charge in [0.25, 0.3) is 0 Å². The summed E-state index contributed by atoms with van der Waals surface area (Å²) in [6.07, 6.45) is 4.33. The molecule has 0 fully saturated rings. The first-order valence-electron chi connectivity index (χ1n) is 5.86. The average molecular weight is 303 g/mol. The molecule has 0 spiro atoms. The Hall–Kier alpha value is -0.610. The lowest BCUT2D eigenvalue weighted by atomic mass is 10.1. The number of esters is 1. The van der Waals surface area contributed by atoms with Crippen LogP contribution < -0.4 is 0 Å². The van der Waals surface area contributed by atoms with Crippen LogP contribution in [-0.2, 0) is 14.3 Å². The summed E-state index contributed by atoms with van der Waals surface area (Å²) >= 11 is 3.28. The van der Waals surface area contributed by atoms with Crippen LogP contribution in [0.1, 0.15) is 27.2 Å². The maximum absolute atomic E-state index is 11.5. The first-order chi connectivity index (χ1) is 8.13.